The molecule has 0 atom stereocenters. The van der Waals surface area contributed by atoms with E-state index in [1.807, 2.05) is 0 Å². The van der Waals surface area contributed by atoms with E-state index in [2.05, 4.69) is 0 Å². The van der Waals surface area contributed by atoms with Crippen LogP contribution in [0.2, 0.25) is 0 Å². The summed E-state index contributed by atoms with van der Waals surface area (Å²) >= 11 is 0. The first-order valence-electron chi connectivity index (χ1n) is 4.21. The quantitative estimate of drug-likeness (QED) is 0.780. The Hall–Kier alpha value is -1.54. The van der Waals surface area contributed by atoms with Gasteiger partial charge in [0.1, 0.15) is 0 Å². The van der Waals surface area contributed by atoms with E-state index in [0.29, 0.717) is 11.1 Å². The Morgan fingerprint density at radius 2 is 2.00 bits per heavy atom. The van der Waals surface area contributed by atoms with Crippen LogP contribution in [-0.2, 0) is 12.7 Å². The van der Waals surface area contributed by atoms with Crippen molar-refractivity contribution >= 4 is 0 Å². The number of nitriles is 1. The van der Waals surface area contributed by atoms with Crippen LogP contribution in [0.15, 0.2) is 12.1 Å². The first-order valence-corrected chi connectivity index (χ1v) is 4.21. The molecule has 0 aliphatic rings. The summed E-state index contributed by atoms with van der Waals surface area (Å²) in [5, 5.41) is 8.69. The highest BCUT2D eigenvalue weighted by Crippen LogP contribution is 2.31. The fourth-order valence-corrected chi connectivity index (χ4v) is 1.35. The van der Waals surface area contributed by atoms with Gasteiger partial charge in [0.15, 0.2) is 0 Å². The maximum atomic E-state index is 12.4. The molecule has 0 aliphatic heterocycles. The lowest BCUT2D eigenvalue weighted by Gasteiger charge is -2.11. The summed E-state index contributed by atoms with van der Waals surface area (Å²) in [5.74, 6) is 0. The van der Waals surface area contributed by atoms with Crippen LogP contribution in [0.25, 0.3) is 0 Å². The van der Waals surface area contributed by atoms with Gasteiger partial charge in [0.2, 0.25) is 0 Å². The summed E-state index contributed by atoms with van der Waals surface area (Å²) in [4.78, 5) is 0. The highest BCUT2D eigenvalue weighted by molar-refractivity contribution is 5.46. The van der Waals surface area contributed by atoms with Gasteiger partial charge in [0.25, 0.3) is 0 Å². The molecule has 1 aromatic rings. The van der Waals surface area contributed by atoms with Crippen LogP contribution in [0, 0.1) is 18.3 Å². The van der Waals surface area contributed by atoms with Gasteiger partial charge >= 0.3 is 6.18 Å². The van der Waals surface area contributed by atoms with E-state index in [0.717, 1.165) is 12.1 Å². The van der Waals surface area contributed by atoms with Gasteiger partial charge in [-0.05, 0) is 30.2 Å². The van der Waals surface area contributed by atoms with Crippen molar-refractivity contribution in [1.82, 2.24) is 0 Å². The van der Waals surface area contributed by atoms with Gasteiger partial charge in [0.05, 0.1) is 17.2 Å². The number of hydrogen-bond acceptors (Lipinski definition) is 2. The SMILES string of the molecule is Cc1cc(C(F)(F)F)cc(C#N)c1CN. The Labute approximate surface area is 85.1 Å². The zero-order valence-electron chi connectivity index (χ0n) is 8.02. The Bertz CT molecular complexity index is 416. The molecule has 0 radical (unpaired) electrons. The minimum atomic E-state index is -4.43. The lowest BCUT2D eigenvalue weighted by atomic mass is 9.99. The molecule has 80 valence electrons. The van der Waals surface area contributed by atoms with Crippen molar-refractivity contribution in [3.8, 4) is 6.07 Å². The van der Waals surface area contributed by atoms with E-state index in [1.165, 1.54) is 6.92 Å². The van der Waals surface area contributed by atoms with Gasteiger partial charge < -0.3 is 5.73 Å². The second kappa shape index (κ2) is 3.91. The van der Waals surface area contributed by atoms with E-state index in [1.54, 1.807) is 6.07 Å². The first kappa shape index (κ1) is 11.5. The highest BCUT2D eigenvalue weighted by atomic mass is 19.4. The van der Waals surface area contributed by atoms with Gasteiger partial charge in [0, 0.05) is 6.54 Å². The number of rotatable bonds is 1. The minimum absolute atomic E-state index is 0.00942. The molecular formula is C10H9F3N2. The second-order valence-corrected chi connectivity index (χ2v) is 3.13. The molecule has 0 fully saturated rings. The monoisotopic (exact) mass is 214 g/mol. The van der Waals surface area contributed by atoms with Crippen LogP contribution >= 0.6 is 0 Å². The molecular weight excluding hydrogens is 205 g/mol. The third-order valence-electron chi connectivity index (χ3n) is 2.12. The van der Waals surface area contributed by atoms with E-state index in [4.69, 9.17) is 11.0 Å². The van der Waals surface area contributed by atoms with Crippen molar-refractivity contribution in [3.05, 3.63) is 34.4 Å². The standard InChI is InChI=1S/C10H9F3N2/c1-6-2-8(10(11,12)13)3-7(4-14)9(6)5-15/h2-3H,5,15H2,1H3. The molecule has 0 unspecified atom stereocenters. The average Bonchev–Trinajstić information content (AvgIpc) is 2.15. The smallest absolute Gasteiger partial charge is 0.326 e. The maximum Gasteiger partial charge on any atom is 0.416 e. The number of nitrogens with two attached hydrogens (primary N) is 1. The van der Waals surface area contributed by atoms with E-state index < -0.39 is 11.7 Å². The summed E-state index contributed by atoms with van der Waals surface area (Å²) in [5.41, 5.74) is 5.39. The summed E-state index contributed by atoms with van der Waals surface area (Å²) in [6, 6.07) is 3.55. The zero-order chi connectivity index (χ0) is 11.6. The van der Waals surface area contributed by atoms with Crippen molar-refractivity contribution in [1.29, 1.82) is 5.26 Å². The third-order valence-corrected chi connectivity index (χ3v) is 2.12. The molecule has 2 N–H and O–H groups in total. The second-order valence-electron chi connectivity index (χ2n) is 3.13. The Morgan fingerprint density at radius 3 is 2.40 bits per heavy atom. The molecule has 1 aromatic carbocycles. The minimum Gasteiger partial charge on any atom is -0.326 e. The van der Waals surface area contributed by atoms with Crippen LogP contribution in [-0.4, -0.2) is 0 Å². The number of nitrogens with zero attached hydrogens (tertiary/aromatic N) is 1. The molecule has 0 aliphatic carbocycles. The maximum absolute atomic E-state index is 12.4. The number of benzene rings is 1. The van der Waals surface area contributed by atoms with Crippen molar-refractivity contribution in [2.75, 3.05) is 0 Å². The molecule has 0 spiro atoms. The molecule has 0 saturated heterocycles. The summed E-state index contributed by atoms with van der Waals surface area (Å²) in [6.45, 7) is 1.57. The topological polar surface area (TPSA) is 49.8 Å². The normalized spacial score (nSPS) is 11.2. The zero-order valence-corrected chi connectivity index (χ0v) is 8.02. The first-order chi connectivity index (χ1) is 6.90. The fraction of sp³-hybridized carbons (Fsp3) is 0.300. The number of halogens is 3. The molecule has 1 rings (SSSR count). The predicted octanol–water partition coefficient (Wildman–Crippen LogP) is 2.34. The number of aryl methyl sites for hydroxylation is 1. The summed E-state index contributed by atoms with van der Waals surface area (Å²) in [7, 11) is 0. The molecule has 0 saturated carbocycles. The number of hydrogen-bond donors (Lipinski definition) is 1. The largest absolute Gasteiger partial charge is 0.416 e. The van der Waals surface area contributed by atoms with Gasteiger partial charge in [-0.3, -0.25) is 0 Å². The van der Waals surface area contributed by atoms with Gasteiger partial charge in [-0.2, -0.15) is 18.4 Å². The fourth-order valence-electron chi connectivity index (χ4n) is 1.35. The van der Waals surface area contributed by atoms with Crippen LogP contribution in [0.1, 0.15) is 22.3 Å². The lowest BCUT2D eigenvalue weighted by Crippen LogP contribution is -2.09. The predicted molar refractivity (Wildman–Crippen MR) is 48.8 cm³/mol. The molecule has 2 nitrogen and oxygen atoms in total. The summed E-state index contributed by atoms with van der Waals surface area (Å²) < 4.78 is 37.1. The molecule has 5 heteroatoms. The van der Waals surface area contributed by atoms with Crippen LogP contribution in [0.4, 0.5) is 13.2 Å². The average molecular weight is 214 g/mol. The Balaban J connectivity index is 3.41. The highest BCUT2D eigenvalue weighted by Gasteiger charge is 2.31. The van der Waals surface area contributed by atoms with E-state index in [9.17, 15) is 13.2 Å². The Kier molecular flexibility index (Phi) is 3.01. The third kappa shape index (κ3) is 2.28. The van der Waals surface area contributed by atoms with Crippen molar-refractivity contribution in [3.63, 3.8) is 0 Å². The number of alkyl halides is 3. The lowest BCUT2D eigenvalue weighted by molar-refractivity contribution is -0.137. The van der Waals surface area contributed by atoms with Crippen LogP contribution < -0.4 is 5.73 Å². The van der Waals surface area contributed by atoms with Gasteiger partial charge in [-0.1, -0.05) is 0 Å². The molecule has 15 heavy (non-hydrogen) atoms. The van der Waals surface area contributed by atoms with Gasteiger partial charge in [-0.25, -0.2) is 0 Å². The molecule has 0 heterocycles. The Morgan fingerprint density at radius 1 is 1.40 bits per heavy atom. The van der Waals surface area contributed by atoms with E-state index >= 15 is 0 Å². The summed E-state index contributed by atoms with van der Waals surface area (Å²) in [6.07, 6.45) is -4.43. The van der Waals surface area contributed by atoms with Crippen molar-refractivity contribution < 1.29 is 13.2 Å². The van der Waals surface area contributed by atoms with Crippen molar-refractivity contribution in [2.24, 2.45) is 5.73 Å². The van der Waals surface area contributed by atoms with E-state index in [-0.39, 0.29) is 12.1 Å². The molecule has 0 amide bonds. The van der Waals surface area contributed by atoms with Crippen LogP contribution in [0.3, 0.4) is 0 Å². The molecule has 0 bridgehead atoms. The molecule has 0 aromatic heterocycles. The van der Waals surface area contributed by atoms with Crippen LogP contribution in [0.5, 0.6) is 0 Å². The van der Waals surface area contributed by atoms with Crippen molar-refractivity contribution in [2.45, 2.75) is 19.6 Å². The van der Waals surface area contributed by atoms with Gasteiger partial charge in [-0.15, -0.1) is 0 Å².